The highest BCUT2D eigenvalue weighted by Crippen LogP contribution is 2.24. The minimum absolute atomic E-state index is 0.179. The summed E-state index contributed by atoms with van der Waals surface area (Å²) in [6.07, 6.45) is 1.26. The van der Waals surface area contributed by atoms with E-state index >= 15 is 0 Å². The molecule has 0 saturated carbocycles. The molecule has 0 bridgehead atoms. The van der Waals surface area contributed by atoms with Gasteiger partial charge in [-0.2, -0.15) is 0 Å². The van der Waals surface area contributed by atoms with Crippen LogP contribution in [0.5, 0.6) is 0 Å². The Morgan fingerprint density at radius 1 is 1.12 bits per heavy atom. The maximum absolute atomic E-state index is 12.4. The molecule has 3 rings (SSSR count). The first-order chi connectivity index (χ1) is 11.5. The van der Waals surface area contributed by atoms with Gasteiger partial charge in [-0.15, -0.1) is 0 Å². The van der Waals surface area contributed by atoms with Gasteiger partial charge in [-0.05, 0) is 55.0 Å². The maximum Gasteiger partial charge on any atom is 0.261 e. The Balaban J connectivity index is 1.71. The maximum atomic E-state index is 12.4. The number of nitrogens with zero attached hydrogens (tertiary/aromatic N) is 1. The molecule has 1 N–H and O–H groups in total. The summed E-state index contributed by atoms with van der Waals surface area (Å²) in [5.41, 5.74) is 1.58. The van der Waals surface area contributed by atoms with Crippen molar-refractivity contribution in [2.45, 2.75) is 17.4 Å². The first-order valence-corrected chi connectivity index (χ1v) is 9.50. The summed E-state index contributed by atoms with van der Waals surface area (Å²) in [5.74, 6) is 0. The Kier molecular flexibility index (Phi) is 4.99. The van der Waals surface area contributed by atoms with Crippen molar-refractivity contribution in [3.63, 3.8) is 0 Å². The number of benzene rings is 2. The van der Waals surface area contributed by atoms with E-state index in [9.17, 15) is 8.42 Å². The summed E-state index contributed by atoms with van der Waals surface area (Å²) < 4.78 is 32.7. The van der Waals surface area contributed by atoms with Crippen molar-refractivity contribution in [3.05, 3.63) is 53.6 Å². The number of sulfonamides is 1. The van der Waals surface area contributed by atoms with Crippen molar-refractivity contribution in [1.29, 1.82) is 0 Å². The lowest BCUT2D eigenvalue weighted by Gasteiger charge is -2.18. The minimum atomic E-state index is -3.62. The Morgan fingerprint density at radius 3 is 2.38 bits per heavy atom. The van der Waals surface area contributed by atoms with E-state index in [1.54, 1.807) is 31.4 Å². The molecule has 1 aliphatic heterocycles. The molecule has 0 amide bonds. The SMILES string of the molecule is COC1CCN(c2ccc(NS(=O)(=O)c3ccc(Cl)cc3)cc2)C1. The Bertz CT molecular complexity index is 792. The van der Waals surface area contributed by atoms with Crippen LogP contribution >= 0.6 is 11.6 Å². The second-order valence-electron chi connectivity index (χ2n) is 5.70. The van der Waals surface area contributed by atoms with Gasteiger partial charge in [0.05, 0.1) is 11.0 Å². The van der Waals surface area contributed by atoms with Crippen LogP contribution in [0.4, 0.5) is 11.4 Å². The van der Waals surface area contributed by atoms with E-state index in [4.69, 9.17) is 16.3 Å². The van der Waals surface area contributed by atoms with Gasteiger partial charge in [0.15, 0.2) is 0 Å². The van der Waals surface area contributed by atoms with E-state index in [1.165, 1.54) is 12.1 Å². The second kappa shape index (κ2) is 7.01. The molecule has 5 nitrogen and oxygen atoms in total. The average molecular weight is 367 g/mol. The van der Waals surface area contributed by atoms with Gasteiger partial charge in [0.1, 0.15) is 0 Å². The van der Waals surface area contributed by atoms with Crippen molar-refractivity contribution in [1.82, 2.24) is 0 Å². The predicted molar refractivity (Wildman–Crippen MR) is 96.3 cm³/mol. The molecule has 7 heteroatoms. The fourth-order valence-corrected chi connectivity index (χ4v) is 3.91. The molecule has 24 heavy (non-hydrogen) atoms. The van der Waals surface area contributed by atoms with Crippen LogP contribution in [0.25, 0.3) is 0 Å². The van der Waals surface area contributed by atoms with Crippen LogP contribution < -0.4 is 9.62 Å². The molecule has 1 aliphatic rings. The smallest absolute Gasteiger partial charge is 0.261 e. The number of hydrogen-bond acceptors (Lipinski definition) is 4. The lowest BCUT2D eigenvalue weighted by molar-refractivity contribution is 0.121. The number of anilines is 2. The highest BCUT2D eigenvalue weighted by Gasteiger charge is 2.22. The Morgan fingerprint density at radius 2 is 1.79 bits per heavy atom. The molecule has 0 radical (unpaired) electrons. The van der Waals surface area contributed by atoms with E-state index in [0.29, 0.717) is 10.7 Å². The van der Waals surface area contributed by atoms with Crippen molar-refractivity contribution in [2.75, 3.05) is 29.8 Å². The number of nitrogens with one attached hydrogen (secondary N) is 1. The van der Waals surface area contributed by atoms with Gasteiger partial charge in [0.25, 0.3) is 10.0 Å². The highest BCUT2D eigenvalue weighted by molar-refractivity contribution is 7.92. The third-order valence-electron chi connectivity index (χ3n) is 4.09. The van der Waals surface area contributed by atoms with E-state index in [2.05, 4.69) is 9.62 Å². The third-order valence-corrected chi connectivity index (χ3v) is 5.74. The number of ether oxygens (including phenoxy) is 1. The van der Waals surface area contributed by atoms with Gasteiger partial charge in [0, 0.05) is 36.6 Å². The first kappa shape index (κ1) is 17.1. The number of hydrogen-bond donors (Lipinski definition) is 1. The zero-order valence-electron chi connectivity index (χ0n) is 13.3. The molecule has 1 heterocycles. The van der Waals surface area contributed by atoms with Crippen molar-refractivity contribution in [2.24, 2.45) is 0 Å². The number of rotatable bonds is 5. The molecule has 2 aromatic carbocycles. The van der Waals surface area contributed by atoms with Crippen molar-refractivity contribution < 1.29 is 13.2 Å². The monoisotopic (exact) mass is 366 g/mol. The van der Waals surface area contributed by atoms with E-state index in [-0.39, 0.29) is 11.0 Å². The van der Waals surface area contributed by atoms with Crippen LogP contribution in [0.2, 0.25) is 5.02 Å². The molecule has 1 saturated heterocycles. The highest BCUT2D eigenvalue weighted by atomic mass is 35.5. The van der Waals surface area contributed by atoms with E-state index < -0.39 is 10.0 Å². The molecule has 1 atom stereocenters. The summed E-state index contributed by atoms with van der Waals surface area (Å²) >= 11 is 5.79. The molecule has 2 aromatic rings. The predicted octanol–water partition coefficient (Wildman–Crippen LogP) is 3.37. The summed E-state index contributed by atoms with van der Waals surface area (Å²) in [7, 11) is -1.89. The molecular weight excluding hydrogens is 348 g/mol. The number of halogens is 1. The van der Waals surface area contributed by atoms with Crippen LogP contribution in [0.1, 0.15) is 6.42 Å². The van der Waals surface area contributed by atoms with Crippen LogP contribution in [0, 0.1) is 0 Å². The van der Waals surface area contributed by atoms with Gasteiger partial charge in [-0.3, -0.25) is 4.72 Å². The molecular formula is C17H19ClN2O3S. The fraction of sp³-hybridized carbons (Fsp3) is 0.294. The first-order valence-electron chi connectivity index (χ1n) is 7.64. The lowest BCUT2D eigenvalue weighted by atomic mass is 10.2. The average Bonchev–Trinajstić information content (AvgIpc) is 3.05. The van der Waals surface area contributed by atoms with Crippen LogP contribution in [0.15, 0.2) is 53.4 Å². The molecule has 1 unspecified atom stereocenters. The fourth-order valence-electron chi connectivity index (χ4n) is 2.72. The summed E-state index contributed by atoms with van der Waals surface area (Å²) in [4.78, 5) is 2.41. The third kappa shape index (κ3) is 3.83. The Hall–Kier alpha value is -1.76. The molecule has 128 valence electrons. The van der Waals surface area contributed by atoms with Gasteiger partial charge < -0.3 is 9.64 Å². The molecule has 1 fully saturated rings. The molecule has 0 aromatic heterocycles. The van der Waals surface area contributed by atoms with Gasteiger partial charge in [-0.25, -0.2) is 8.42 Å². The van der Waals surface area contributed by atoms with Crippen LogP contribution in [0.3, 0.4) is 0 Å². The van der Waals surface area contributed by atoms with Gasteiger partial charge >= 0.3 is 0 Å². The van der Waals surface area contributed by atoms with Gasteiger partial charge in [0.2, 0.25) is 0 Å². The normalized spacial score (nSPS) is 17.9. The van der Waals surface area contributed by atoms with Crippen molar-refractivity contribution in [3.8, 4) is 0 Å². The van der Waals surface area contributed by atoms with Crippen LogP contribution in [-0.2, 0) is 14.8 Å². The van der Waals surface area contributed by atoms with Crippen LogP contribution in [-0.4, -0.2) is 34.7 Å². The summed E-state index contributed by atoms with van der Waals surface area (Å²) in [6.45, 7) is 1.79. The van der Waals surface area contributed by atoms with Gasteiger partial charge in [-0.1, -0.05) is 11.6 Å². The zero-order valence-corrected chi connectivity index (χ0v) is 14.8. The van der Waals surface area contributed by atoms with Crippen molar-refractivity contribution >= 4 is 33.0 Å². The lowest BCUT2D eigenvalue weighted by Crippen LogP contribution is -2.22. The van der Waals surface area contributed by atoms with E-state index in [0.717, 1.165) is 25.2 Å². The molecule has 0 spiro atoms. The Labute approximate surface area is 147 Å². The zero-order chi connectivity index (χ0) is 17.2. The number of methoxy groups -OCH3 is 1. The minimum Gasteiger partial charge on any atom is -0.380 e. The molecule has 0 aliphatic carbocycles. The summed E-state index contributed by atoms with van der Waals surface area (Å²) in [5, 5.41) is 0.498. The summed E-state index contributed by atoms with van der Waals surface area (Å²) in [6, 6.07) is 13.4. The second-order valence-corrected chi connectivity index (χ2v) is 7.82. The topological polar surface area (TPSA) is 58.6 Å². The van der Waals surface area contributed by atoms with E-state index in [1.807, 2.05) is 12.1 Å². The largest absolute Gasteiger partial charge is 0.380 e. The standard InChI is InChI=1S/C17H19ClN2O3S/c1-23-16-10-11-20(12-16)15-6-4-14(5-7-15)19-24(21,22)17-8-2-13(18)3-9-17/h2-9,16,19H,10-12H2,1H3. The quantitative estimate of drug-likeness (QED) is 0.881.